The number of nitrogens with zero attached hydrogens (tertiary/aromatic N) is 2. The second-order valence-electron chi connectivity index (χ2n) is 7.70. The van der Waals surface area contributed by atoms with Crippen LogP contribution in [0.5, 0.6) is 0 Å². The summed E-state index contributed by atoms with van der Waals surface area (Å²) in [7, 11) is -2.35. The van der Waals surface area contributed by atoms with E-state index in [9.17, 15) is 18.5 Å². The molecule has 1 aliphatic carbocycles. The Labute approximate surface area is 176 Å². The Morgan fingerprint density at radius 2 is 1.87 bits per heavy atom. The Morgan fingerprint density at radius 3 is 2.50 bits per heavy atom. The van der Waals surface area contributed by atoms with Crippen LogP contribution in [0.2, 0.25) is 0 Å². The van der Waals surface area contributed by atoms with Crippen molar-refractivity contribution in [1.29, 1.82) is 5.26 Å². The summed E-state index contributed by atoms with van der Waals surface area (Å²) >= 11 is 0. The Balaban J connectivity index is 1.69. The van der Waals surface area contributed by atoms with Gasteiger partial charge in [0, 0.05) is 24.9 Å². The minimum atomic E-state index is -3.68. The number of nitriles is 1. The first-order valence-electron chi connectivity index (χ1n) is 9.74. The Morgan fingerprint density at radius 1 is 1.17 bits per heavy atom. The topological polar surface area (TPSA) is 87.5 Å². The SMILES string of the molecule is COC(=O)c1ccc([C@H]2CC=C[C@@H]3CN(S(=O)(=O)c4ccccc4)C[C@@]32C#N)cc1. The standard InChI is InChI=1S/C23H22N2O4S/c1-29-22(26)18-12-10-17(11-13-18)21-9-5-6-19-14-25(16-23(19,21)15-24)30(27,28)20-7-3-2-4-8-20/h2-8,10-13,19,21H,9,14,16H2,1H3/t19-,21-,23+/m1/s1. The van der Waals surface area contributed by atoms with Gasteiger partial charge in [0.1, 0.15) is 0 Å². The maximum absolute atomic E-state index is 13.2. The van der Waals surface area contributed by atoms with E-state index in [1.165, 1.54) is 11.4 Å². The maximum Gasteiger partial charge on any atom is 0.337 e. The van der Waals surface area contributed by atoms with Crippen molar-refractivity contribution in [2.24, 2.45) is 11.3 Å². The number of hydrogen-bond acceptors (Lipinski definition) is 5. The quantitative estimate of drug-likeness (QED) is 0.557. The summed E-state index contributed by atoms with van der Waals surface area (Å²) in [4.78, 5) is 12.0. The van der Waals surface area contributed by atoms with E-state index in [2.05, 4.69) is 6.07 Å². The van der Waals surface area contributed by atoms with E-state index in [4.69, 9.17) is 4.74 Å². The third-order valence-electron chi connectivity index (χ3n) is 6.19. The fourth-order valence-electron chi connectivity index (χ4n) is 4.57. The lowest BCUT2D eigenvalue weighted by molar-refractivity contribution is 0.0600. The van der Waals surface area contributed by atoms with Crippen molar-refractivity contribution in [1.82, 2.24) is 4.31 Å². The number of fused-ring (bicyclic) bond motifs is 1. The smallest absolute Gasteiger partial charge is 0.337 e. The third-order valence-corrected chi connectivity index (χ3v) is 8.01. The van der Waals surface area contributed by atoms with Crippen LogP contribution in [-0.4, -0.2) is 38.9 Å². The van der Waals surface area contributed by atoms with Gasteiger partial charge in [-0.2, -0.15) is 9.57 Å². The number of ether oxygens (including phenoxy) is 1. The van der Waals surface area contributed by atoms with E-state index in [0.717, 1.165) is 5.56 Å². The fourth-order valence-corrected chi connectivity index (χ4v) is 6.11. The number of hydrogen-bond donors (Lipinski definition) is 0. The monoisotopic (exact) mass is 422 g/mol. The van der Waals surface area contributed by atoms with Gasteiger partial charge < -0.3 is 4.74 Å². The molecule has 3 atom stereocenters. The molecule has 0 unspecified atom stereocenters. The number of allylic oxidation sites excluding steroid dienone is 1. The molecule has 1 aliphatic heterocycles. The molecular formula is C23H22N2O4S. The first-order chi connectivity index (χ1) is 14.4. The molecule has 1 heterocycles. The van der Waals surface area contributed by atoms with Crippen molar-refractivity contribution in [3.05, 3.63) is 77.9 Å². The van der Waals surface area contributed by atoms with Gasteiger partial charge >= 0.3 is 5.97 Å². The van der Waals surface area contributed by atoms with Gasteiger partial charge in [0.05, 0.1) is 29.1 Å². The van der Waals surface area contributed by atoms with E-state index in [1.54, 1.807) is 42.5 Å². The van der Waals surface area contributed by atoms with Gasteiger partial charge in [-0.05, 0) is 36.2 Å². The van der Waals surface area contributed by atoms with Crippen molar-refractivity contribution >= 4 is 16.0 Å². The summed E-state index contributed by atoms with van der Waals surface area (Å²) < 4.78 is 32.5. The average Bonchev–Trinajstić information content (AvgIpc) is 3.20. The highest BCUT2D eigenvalue weighted by Gasteiger charge is 2.55. The molecule has 2 aliphatic rings. The number of rotatable bonds is 4. The second kappa shape index (κ2) is 7.71. The van der Waals surface area contributed by atoms with Crippen LogP contribution < -0.4 is 0 Å². The van der Waals surface area contributed by atoms with Crippen LogP contribution in [0.3, 0.4) is 0 Å². The minimum Gasteiger partial charge on any atom is -0.465 e. The zero-order chi connectivity index (χ0) is 21.4. The van der Waals surface area contributed by atoms with Crippen LogP contribution in [0.4, 0.5) is 0 Å². The number of benzene rings is 2. The van der Waals surface area contributed by atoms with Crippen molar-refractivity contribution < 1.29 is 17.9 Å². The maximum atomic E-state index is 13.2. The van der Waals surface area contributed by atoms with E-state index in [0.29, 0.717) is 12.0 Å². The number of sulfonamides is 1. The van der Waals surface area contributed by atoms with E-state index >= 15 is 0 Å². The largest absolute Gasteiger partial charge is 0.465 e. The van der Waals surface area contributed by atoms with Crippen LogP contribution >= 0.6 is 0 Å². The molecule has 4 rings (SSSR count). The Kier molecular flexibility index (Phi) is 5.22. The predicted molar refractivity (Wildman–Crippen MR) is 111 cm³/mol. The minimum absolute atomic E-state index is 0.138. The molecule has 0 saturated carbocycles. The molecule has 6 nitrogen and oxygen atoms in total. The zero-order valence-electron chi connectivity index (χ0n) is 16.6. The molecule has 1 fully saturated rings. The number of esters is 1. The van der Waals surface area contributed by atoms with Gasteiger partial charge in [0.2, 0.25) is 10.0 Å². The second-order valence-corrected chi connectivity index (χ2v) is 9.64. The molecule has 1 saturated heterocycles. The van der Waals surface area contributed by atoms with Crippen LogP contribution in [0.1, 0.15) is 28.3 Å². The molecule has 2 aromatic rings. The number of carbonyl (C=O) groups excluding carboxylic acids is 1. The van der Waals surface area contributed by atoms with Crippen LogP contribution in [0, 0.1) is 22.7 Å². The molecule has 0 aromatic heterocycles. The first kappa shape index (κ1) is 20.3. The summed E-state index contributed by atoms with van der Waals surface area (Å²) in [6.45, 7) is 0.414. The van der Waals surface area contributed by atoms with Gasteiger partial charge in [0.25, 0.3) is 0 Å². The lowest BCUT2D eigenvalue weighted by atomic mass is 9.63. The average molecular weight is 423 g/mol. The molecule has 7 heteroatoms. The summed E-state index contributed by atoms with van der Waals surface area (Å²) in [5.74, 6) is -0.779. The molecule has 0 radical (unpaired) electrons. The normalized spacial score (nSPS) is 26.0. The van der Waals surface area contributed by atoms with Crippen molar-refractivity contribution in [3.8, 4) is 6.07 Å². The molecule has 0 spiro atoms. The first-order valence-corrected chi connectivity index (χ1v) is 11.2. The molecular weight excluding hydrogens is 400 g/mol. The molecule has 0 amide bonds. The fraction of sp³-hybridized carbons (Fsp3) is 0.304. The molecule has 0 bridgehead atoms. The highest BCUT2D eigenvalue weighted by atomic mass is 32.2. The summed E-state index contributed by atoms with van der Waals surface area (Å²) in [6.07, 6.45) is 4.64. The van der Waals surface area contributed by atoms with E-state index in [1.807, 2.05) is 24.3 Å². The van der Waals surface area contributed by atoms with Gasteiger partial charge in [0.15, 0.2) is 0 Å². The van der Waals surface area contributed by atoms with Crippen molar-refractivity contribution in [2.75, 3.05) is 20.2 Å². The number of carbonyl (C=O) groups is 1. The number of methoxy groups -OCH3 is 1. The Bertz CT molecular complexity index is 1120. The molecule has 154 valence electrons. The summed E-state index contributed by atoms with van der Waals surface area (Å²) in [5.41, 5.74) is 0.496. The van der Waals surface area contributed by atoms with Gasteiger partial charge in [-0.3, -0.25) is 0 Å². The zero-order valence-corrected chi connectivity index (χ0v) is 17.4. The van der Waals surface area contributed by atoms with Gasteiger partial charge in [-0.25, -0.2) is 13.2 Å². The molecule has 30 heavy (non-hydrogen) atoms. The van der Waals surface area contributed by atoms with Crippen LogP contribution in [0.25, 0.3) is 0 Å². The van der Waals surface area contributed by atoms with Crippen molar-refractivity contribution in [3.63, 3.8) is 0 Å². The van der Waals surface area contributed by atoms with Crippen molar-refractivity contribution in [2.45, 2.75) is 17.2 Å². The van der Waals surface area contributed by atoms with Gasteiger partial charge in [-0.1, -0.05) is 42.5 Å². The van der Waals surface area contributed by atoms with Crippen LogP contribution in [0.15, 0.2) is 71.6 Å². The van der Waals surface area contributed by atoms with Crippen LogP contribution in [-0.2, 0) is 14.8 Å². The highest BCUT2D eigenvalue weighted by molar-refractivity contribution is 7.89. The summed E-state index contributed by atoms with van der Waals surface area (Å²) in [6, 6.07) is 17.8. The van der Waals surface area contributed by atoms with E-state index in [-0.39, 0.29) is 29.8 Å². The summed E-state index contributed by atoms with van der Waals surface area (Å²) in [5, 5.41) is 10.2. The van der Waals surface area contributed by atoms with Gasteiger partial charge in [-0.15, -0.1) is 0 Å². The predicted octanol–water partition coefficient (Wildman–Crippen LogP) is 3.35. The lowest BCUT2D eigenvalue weighted by Gasteiger charge is -2.37. The molecule has 2 aromatic carbocycles. The van der Waals surface area contributed by atoms with E-state index < -0.39 is 21.4 Å². The Hall–Kier alpha value is -2.95. The highest BCUT2D eigenvalue weighted by Crippen LogP contribution is 2.52. The third kappa shape index (κ3) is 3.22. The lowest BCUT2D eigenvalue weighted by Crippen LogP contribution is -2.38. The molecule has 0 N–H and O–H groups in total.